The molecule has 0 saturated carbocycles. The number of rotatable bonds is 6. The Labute approximate surface area is 132 Å². The summed E-state index contributed by atoms with van der Waals surface area (Å²) in [5.74, 6) is 0. The Morgan fingerprint density at radius 1 is 1.35 bits per heavy atom. The highest BCUT2D eigenvalue weighted by atomic mass is 35.5. The minimum atomic E-state index is 0.758. The monoisotopic (exact) mass is 328 g/mol. The number of aromatic nitrogens is 2. The fourth-order valence-corrected chi connectivity index (χ4v) is 3.59. The quantitative estimate of drug-likeness (QED) is 0.878. The van der Waals surface area contributed by atoms with E-state index in [0.29, 0.717) is 0 Å². The van der Waals surface area contributed by atoms with Crippen LogP contribution in [-0.4, -0.2) is 30.8 Å². The van der Waals surface area contributed by atoms with Crippen LogP contribution >= 0.6 is 34.7 Å². The summed E-state index contributed by atoms with van der Waals surface area (Å²) in [5, 5.41) is 13.4. The van der Waals surface area contributed by atoms with E-state index in [1.165, 1.54) is 5.56 Å². The minimum Gasteiger partial charge on any atom is -0.353 e. The zero-order valence-corrected chi connectivity index (χ0v) is 14.1. The molecule has 0 saturated heterocycles. The van der Waals surface area contributed by atoms with Gasteiger partial charge in [0.2, 0.25) is 5.13 Å². The smallest absolute Gasteiger partial charge is 0.208 e. The minimum absolute atomic E-state index is 0.758. The molecule has 108 valence electrons. The summed E-state index contributed by atoms with van der Waals surface area (Å²) in [4.78, 5) is 3.13. The predicted octanol–water partition coefficient (Wildman–Crippen LogP) is 3.52. The lowest BCUT2D eigenvalue weighted by Crippen LogP contribution is -2.12. The Hall–Kier alpha value is -0.820. The third-order valence-corrected chi connectivity index (χ3v) is 5.06. The molecule has 0 radical (unpaired) electrons. The van der Waals surface area contributed by atoms with Gasteiger partial charge in [-0.2, -0.15) is 0 Å². The van der Waals surface area contributed by atoms with Gasteiger partial charge in [0.05, 0.1) is 0 Å². The zero-order valence-electron chi connectivity index (χ0n) is 11.7. The van der Waals surface area contributed by atoms with E-state index in [1.54, 1.807) is 23.1 Å². The zero-order chi connectivity index (χ0) is 14.5. The van der Waals surface area contributed by atoms with Crippen molar-refractivity contribution in [3.05, 3.63) is 28.8 Å². The van der Waals surface area contributed by atoms with Crippen molar-refractivity contribution >= 4 is 39.8 Å². The van der Waals surface area contributed by atoms with Gasteiger partial charge in [0.1, 0.15) is 0 Å². The number of nitrogens with one attached hydrogen (secondary N) is 1. The van der Waals surface area contributed by atoms with Gasteiger partial charge in [0.25, 0.3) is 0 Å². The van der Waals surface area contributed by atoms with E-state index in [1.807, 2.05) is 37.2 Å². The Morgan fingerprint density at radius 2 is 2.15 bits per heavy atom. The first kappa shape index (κ1) is 15.6. The van der Waals surface area contributed by atoms with Gasteiger partial charge in [0, 0.05) is 30.6 Å². The molecule has 0 amide bonds. The van der Waals surface area contributed by atoms with E-state index in [9.17, 15) is 0 Å². The van der Waals surface area contributed by atoms with E-state index in [2.05, 4.69) is 22.4 Å². The van der Waals surface area contributed by atoms with Crippen LogP contribution in [0.4, 0.5) is 5.13 Å². The third-order valence-electron chi connectivity index (χ3n) is 2.56. The molecule has 4 nitrogen and oxygen atoms in total. The van der Waals surface area contributed by atoms with E-state index >= 15 is 0 Å². The third kappa shape index (κ3) is 4.09. The second kappa shape index (κ2) is 7.26. The Kier molecular flexibility index (Phi) is 5.65. The van der Waals surface area contributed by atoms with Gasteiger partial charge in [-0.25, -0.2) is 0 Å². The van der Waals surface area contributed by atoms with Crippen LogP contribution in [0.3, 0.4) is 0 Å². The van der Waals surface area contributed by atoms with Crippen LogP contribution in [0.25, 0.3) is 0 Å². The fraction of sp³-hybridized carbons (Fsp3) is 0.385. The summed E-state index contributed by atoms with van der Waals surface area (Å²) < 4.78 is 0.939. The van der Waals surface area contributed by atoms with Crippen LogP contribution in [0, 0.1) is 0 Å². The molecule has 0 bridgehead atoms. The maximum atomic E-state index is 6.08. The van der Waals surface area contributed by atoms with Crippen molar-refractivity contribution in [1.29, 1.82) is 0 Å². The molecule has 0 spiro atoms. The lowest BCUT2D eigenvalue weighted by Gasteiger charge is -2.08. The number of benzene rings is 1. The highest BCUT2D eigenvalue weighted by Crippen LogP contribution is 2.35. The molecular weight excluding hydrogens is 312 g/mol. The van der Waals surface area contributed by atoms with Crippen molar-refractivity contribution in [3.63, 3.8) is 0 Å². The molecule has 0 atom stereocenters. The second-order valence-electron chi connectivity index (χ2n) is 4.38. The molecule has 0 aliphatic carbocycles. The van der Waals surface area contributed by atoms with E-state index in [-0.39, 0.29) is 0 Å². The maximum absolute atomic E-state index is 6.08. The largest absolute Gasteiger partial charge is 0.353 e. The van der Waals surface area contributed by atoms with Gasteiger partial charge >= 0.3 is 0 Å². The number of halogens is 1. The van der Waals surface area contributed by atoms with Gasteiger partial charge < -0.3 is 10.2 Å². The molecule has 1 N–H and O–H groups in total. The number of hydrogen-bond donors (Lipinski definition) is 1. The van der Waals surface area contributed by atoms with Crippen molar-refractivity contribution in [3.8, 4) is 0 Å². The molecule has 1 aromatic carbocycles. The fourth-order valence-electron chi connectivity index (χ4n) is 1.56. The van der Waals surface area contributed by atoms with Crippen molar-refractivity contribution in [2.75, 3.05) is 25.5 Å². The molecule has 2 rings (SSSR count). The molecule has 0 fully saturated rings. The first-order valence-electron chi connectivity index (χ1n) is 6.28. The lowest BCUT2D eigenvalue weighted by molar-refractivity contribution is 0.718. The number of anilines is 1. The highest BCUT2D eigenvalue weighted by molar-refractivity contribution is 8.01. The normalized spacial score (nSPS) is 10.8. The van der Waals surface area contributed by atoms with E-state index in [4.69, 9.17) is 11.6 Å². The Morgan fingerprint density at radius 3 is 2.80 bits per heavy atom. The maximum Gasteiger partial charge on any atom is 0.208 e. The molecule has 20 heavy (non-hydrogen) atoms. The van der Waals surface area contributed by atoms with Crippen molar-refractivity contribution in [2.24, 2.45) is 0 Å². The number of nitrogens with zero attached hydrogens (tertiary/aromatic N) is 3. The van der Waals surface area contributed by atoms with Gasteiger partial charge in [-0.1, -0.05) is 41.6 Å². The molecular formula is C13H17ClN4S2. The SMILES string of the molecule is CCNCc1cc(Cl)ccc1Sc1nnc(N(C)C)s1. The molecule has 0 aliphatic heterocycles. The summed E-state index contributed by atoms with van der Waals surface area (Å²) in [6, 6.07) is 5.95. The van der Waals surface area contributed by atoms with Crippen LogP contribution in [-0.2, 0) is 6.54 Å². The van der Waals surface area contributed by atoms with Crippen molar-refractivity contribution in [1.82, 2.24) is 15.5 Å². The van der Waals surface area contributed by atoms with Crippen molar-refractivity contribution < 1.29 is 0 Å². The predicted molar refractivity (Wildman–Crippen MR) is 87.2 cm³/mol. The summed E-state index contributed by atoms with van der Waals surface area (Å²) in [7, 11) is 3.93. The van der Waals surface area contributed by atoms with Crippen LogP contribution in [0.1, 0.15) is 12.5 Å². The van der Waals surface area contributed by atoms with E-state index in [0.717, 1.165) is 32.5 Å². The summed E-state index contributed by atoms with van der Waals surface area (Å²) in [5.41, 5.74) is 1.19. The summed E-state index contributed by atoms with van der Waals surface area (Å²) in [6.45, 7) is 3.82. The first-order valence-corrected chi connectivity index (χ1v) is 8.29. The standard InChI is InChI=1S/C13H17ClN4S2/c1-4-15-8-9-7-10(14)5-6-11(9)19-13-17-16-12(20-13)18(2)3/h5-7,15H,4,8H2,1-3H3. The van der Waals surface area contributed by atoms with Crippen LogP contribution in [0.5, 0.6) is 0 Å². The topological polar surface area (TPSA) is 41.1 Å². The molecule has 1 heterocycles. The Balaban J connectivity index is 2.18. The summed E-state index contributed by atoms with van der Waals surface area (Å²) >= 11 is 9.29. The van der Waals surface area contributed by atoms with Gasteiger partial charge in [-0.05, 0) is 30.3 Å². The highest BCUT2D eigenvalue weighted by Gasteiger charge is 2.10. The molecule has 7 heteroatoms. The lowest BCUT2D eigenvalue weighted by atomic mass is 10.2. The van der Waals surface area contributed by atoms with Gasteiger partial charge in [-0.15, -0.1) is 10.2 Å². The average molecular weight is 329 g/mol. The molecule has 0 unspecified atom stereocenters. The van der Waals surface area contributed by atoms with Gasteiger partial charge in [-0.3, -0.25) is 0 Å². The second-order valence-corrected chi connectivity index (χ2v) is 7.06. The van der Waals surface area contributed by atoms with Crippen molar-refractivity contribution in [2.45, 2.75) is 22.7 Å². The molecule has 1 aromatic heterocycles. The van der Waals surface area contributed by atoms with Crippen LogP contribution in [0.2, 0.25) is 5.02 Å². The van der Waals surface area contributed by atoms with Crippen LogP contribution < -0.4 is 10.2 Å². The Bertz CT molecular complexity index is 571. The molecule has 2 aromatic rings. The first-order chi connectivity index (χ1) is 9.60. The summed E-state index contributed by atoms with van der Waals surface area (Å²) in [6.07, 6.45) is 0. The van der Waals surface area contributed by atoms with E-state index < -0.39 is 0 Å². The average Bonchev–Trinajstić information content (AvgIpc) is 2.88. The number of hydrogen-bond acceptors (Lipinski definition) is 6. The molecule has 0 aliphatic rings. The van der Waals surface area contributed by atoms with Gasteiger partial charge in [0.15, 0.2) is 4.34 Å². The van der Waals surface area contributed by atoms with Crippen LogP contribution in [0.15, 0.2) is 27.4 Å².